The van der Waals surface area contributed by atoms with Crippen molar-refractivity contribution in [2.45, 2.75) is 277 Å². The van der Waals surface area contributed by atoms with Crippen LogP contribution in [0.5, 0.6) is 0 Å². The summed E-state index contributed by atoms with van der Waals surface area (Å²) in [6.45, 7) is 6.44. The number of amides is 1. The quantitative estimate of drug-likeness (QED) is 0.0323. The minimum atomic E-state index is -0.785. The minimum Gasteiger partial charge on any atom is -0.462 e. The Labute approximate surface area is 360 Å². The molecule has 0 heterocycles. The van der Waals surface area contributed by atoms with Crippen LogP contribution >= 0.6 is 0 Å². The molecule has 0 aliphatic rings. The van der Waals surface area contributed by atoms with E-state index in [-0.39, 0.29) is 24.9 Å². The van der Waals surface area contributed by atoms with Gasteiger partial charge >= 0.3 is 5.97 Å². The van der Waals surface area contributed by atoms with Gasteiger partial charge in [-0.2, -0.15) is 0 Å². The van der Waals surface area contributed by atoms with Crippen molar-refractivity contribution in [2.75, 3.05) is 6.61 Å². The summed E-state index contributed by atoms with van der Waals surface area (Å²) in [4.78, 5) is 26.0. The number of carbonyl (C=O) groups is 2. The maximum Gasteiger partial charge on any atom is 0.306 e. The van der Waals surface area contributed by atoms with E-state index in [9.17, 15) is 19.8 Å². The predicted octanol–water partition coefficient (Wildman–Crippen LogP) is 14.9. The van der Waals surface area contributed by atoms with Crippen molar-refractivity contribution in [2.24, 2.45) is 0 Å². The molecule has 3 atom stereocenters. The number of carbonyl (C=O) groups excluding carboxylic acids is 2. The lowest BCUT2D eigenvalue weighted by Crippen LogP contribution is -2.46. The Morgan fingerprint density at radius 2 is 0.879 bits per heavy atom. The summed E-state index contributed by atoms with van der Waals surface area (Å²) < 4.78 is 5.91. The number of aliphatic hydroxyl groups excluding tert-OH is 2. The first kappa shape index (κ1) is 56.1. The second-order valence-electron chi connectivity index (χ2n) is 17.2. The molecule has 0 aromatic heterocycles. The van der Waals surface area contributed by atoms with Crippen LogP contribution in [0.2, 0.25) is 0 Å². The maximum absolute atomic E-state index is 13.1. The molecule has 3 N–H and O–H groups in total. The van der Waals surface area contributed by atoms with E-state index in [0.717, 1.165) is 70.6 Å². The molecule has 0 aliphatic carbocycles. The third-order valence-electron chi connectivity index (χ3n) is 11.5. The predicted molar refractivity (Wildman–Crippen MR) is 250 cm³/mol. The lowest BCUT2D eigenvalue weighted by atomic mass is 10.0. The van der Waals surface area contributed by atoms with Crippen molar-refractivity contribution in [3.63, 3.8) is 0 Å². The fourth-order valence-electron chi connectivity index (χ4n) is 7.61. The van der Waals surface area contributed by atoms with Gasteiger partial charge in [-0.25, -0.2) is 0 Å². The Morgan fingerprint density at radius 1 is 0.500 bits per heavy atom. The molecule has 0 radical (unpaired) electrons. The molecule has 0 saturated carbocycles. The molecule has 6 nitrogen and oxygen atoms in total. The molecule has 6 heteroatoms. The molecule has 0 spiro atoms. The van der Waals surface area contributed by atoms with Crippen LogP contribution < -0.4 is 5.32 Å². The van der Waals surface area contributed by atoms with Gasteiger partial charge < -0.3 is 20.3 Å². The monoisotopic (exact) mass is 816 g/mol. The molecule has 0 aromatic rings. The number of ether oxygens (including phenoxy) is 1. The molecule has 340 valence electrons. The lowest BCUT2D eigenvalue weighted by molar-refractivity contribution is -0.151. The van der Waals surface area contributed by atoms with Gasteiger partial charge in [-0.05, 0) is 64.2 Å². The molecule has 0 rings (SSSR count). The summed E-state index contributed by atoms with van der Waals surface area (Å²) in [6, 6.07) is -0.699. The number of allylic oxidation sites excluding steroid dienone is 6. The molecule has 3 unspecified atom stereocenters. The highest BCUT2D eigenvalue weighted by Crippen LogP contribution is 2.18. The van der Waals surface area contributed by atoms with Crippen LogP contribution in [-0.4, -0.2) is 46.9 Å². The number of nitrogens with one attached hydrogen (secondary N) is 1. The summed E-state index contributed by atoms with van der Waals surface area (Å²) in [5.74, 6) is -0.482. The van der Waals surface area contributed by atoms with Crippen molar-refractivity contribution < 1.29 is 24.5 Å². The summed E-state index contributed by atoms with van der Waals surface area (Å²) in [7, 11) is 0. The van der Waals surface area contributed by atoms with Crippen LogP contribution in [0.25, 0.3) is 0 Å². The average Bonchev–Trinajstić information content (AvgIpc) is 3.22. The van der Waals surface area contributed by atoms with Crippen LogP contribution in [0.1, 0.15) is 258 Å². The normalized spacial score (nSPS) is 13.5. The lowest BCUT2D eigenvalue weighted by Gasteiger charge is -2.24. The molecule has 0 saturated heterocycles. The van der Waals surface area contributed by atoms with Gasteiger partial charge in [0.15, 0.2) is 0 Å². The van der Waals surface area contributed by atoms with Crippen molar-refractivity contribution in [3.8, 4) is 0 Å². The van der Waals surface area contributed by atoms with Gasteiger partial charge in [-0.3, -0.25) is 9.59 Å². The average molecular weight is 816 g/mol. The summed E-state index contributed by atoms with van der Waals surface area (Å²) in [6.07, 6.45) is 53.5. The number of hydrogen-bond donors (Lipinski definition) is 3. The van der Waals surface area contributed by atoms with E-state index in [4.69, 9.17) is 4.74 Å². The standard InChI is InChI=1S/C52H97NO5/c1-4-7-10-13-16-19-21-22-23-24-25-26-27-28-30-33-36-39-42-45-52(57)58-48(43-40-37-34-31-18-15-12-9-6-3)46-51(56)53-49(47-54)50(55)44-41-38-35-32-29-20-17-14-11-8-5-2/h16,19,22-23,25-26,48-50,54-55H,4-15,17-18,20-21,24,27-47H2,1-3H3,(H,53,56)/b19-16-,23-22-,26-25-. The van der Waals surface area contributed by atoms with Crippen LogP contribution in [-0.2, 0) is 14.3 Å². The zero-order chi connectivity index (χ0) is 42.4. The Morgan fingerprint density at radius 3 is 1.36 bits per heavy atom. The molecular weight excluding hydrogens is 719 g/mol. The Balaban J connectivity index is 4.46. The SMILES string of the molecule is CCCCC/C=C\C/C=C\C/C=C\CCCCCCCCC(=O)OC(CCCCCCCCCCC)CC(=O)NC(CO)C(O)CCCCCCCCCCCCC. The Bertz CT molecular complexity index is 961. The second-order valence-corrected chi connectivity index (χ2v) is 17.2. The van der Waals surface area contributed by atoms with E-state index in [2.05, 4.69) is 62.5 Å². The second kappa shape index (κ2) is 46.2. The van der Waals surface area contributed by atoms with Gasteiger partial charge in [0.1, 0.15) is 6.10 Å². The van der Waals surface area contributed by atoms with Crippen LogP contribution in [0.4, 0.5) is 0 Å². The van der Waals surface area contributed by atoms with E-state index in [1.54, 1.807) is 0 Å². The highest BCUT2D eigenvalue weighted by Gasteiger charge is 2.24. The van der Waals surface area contributed by atoms with Crippen molar-refractivity contribution in [1.29, 1.82) is 0 Å². The maximum atomic E-state index is 13.1. The van der Waals surface area contributed by atoms with Gasteiger partial charge in [0.05, 0.1) is 25.2 Å². The van der Waals surface area contributed by atoms with Gasteiger partial charge in [-0.1, -0.05) is 218 Å². The highest BCUT2D eigenvalue weighted by atomic mass is 16.5. The number of esters is 1. The van der Waals surface area contributed by atoms with Gasteiger partial charge in [-0.15, -0.1) is 0 Å². The van der Waals surface area contributed by atoms with E-state index in [1.165, 1.54) is 141 Å². The zero-order valence-electron chi connectivity index (χ0n) is 38.7. The molecule has 0 aromatic carbocycles. The van der Waals surface area contributed by atoms with E-state index in [1.807, 2.05) is 0 Å². The molecular formula is C52H97NO5. The molecule has 58 heavy (non-hydrogen) atoms. The Hall–Kier alpha value is -1.92. The largest absolute Gasteiger partial charge is 0.462 e. The molecule has 0 fully saturated rings. The topological polar surface area (TPSA) is 95.9 Å². The van der Waals surface area contributed by atoms with Crippen LogP contribution in [0.3, 0.4) is 0 Å². The third kappa shape index (κ3) is 40.8. The Kier molecular flexibility index (Phi) is 44.6. The fraction of sp³-hybridized carbons (Fsp3) is 0.846. The zero-order valence-corrected chi connectivity index (χ0v) is 38.7. The van der Waals surface area contributed by atoms with Crippen LogP contribution in [0.15, 0.2) is 36.5 Å². The third-order valence-corrected chi connectivity index (χ3v) is 11.5. The number of unbranched alkanes of at least 4 members (excludes halogenated alkanes) is 27. The van der Waals surface area contributed by atoms with Gasteiger partial charge in [0.2, 0.25) is 5.91 Å². The summed E-state index contributed by atoms with van der Waals surface area (Å²) in [5, 5.41) is 23.7. The summed E-state index contributed by atoms with van der Waals surface area (Å²) in [5.41, 5.74) is 0. The van der Waals surface area contributed by atoms with E-state index in [0.29, 0.717) is 19.3 Å². The summed E-state index contributed by atoms with van der Waals surface area (Å²) >= 11 is 0. The van der Waals surface area contributed by atoms with E-state index >= 15 is 0 Å². The smallest absolute Gasteiger partial charge is 0.306 e. The molecule has 0 aliphatic heterocycles. The first-order valence-electron chi connectivity index (χ1n) is 25.2. The molecule has 0 bridgehead atoms. The van der Waals surface area contributed by atoms with Crippen molar-refractivity contribution in [3.05, 3.63) is 36.5 Å². The first-order chi connectivity index (χ1) is 28.5. The number of rotatable bonds is 45. The fourth-order valence-corrected chi connectivity index (χ4v) is 7.61. The van der Waals surface area contributed by atoms with E-state index < -0.39 is 18.2 Å². The number of aliphatic hydroxyl groups is 2. The number of hydrogen-bond acceptors (Lipinski definition) is 5. The highest BCUT2D eigenvalue weighted by molar-refractivity contribution is 5.77. The van der Waals surface area contributed by atoms with Gasteiger partial charge in [0.25, 0.3) is 0 Å². The minimum absolute atomic E-state index is 0.0751. The van der Waals surface area contributed by atoms with Crippen molar-refractivity contribution >= 4 is 11.9 Å². The van der Waals surface area contributed by atoms with Crippen LogP contribution in [0, 0.1) is 0 Å². The van der Waals surface area contributed by atoms with Gasteiger partial charge in [0, 0.05) is 6.42 Å². The molecule has 1 amide bonds. The first-order valence-corrected chi connectivity index (χ1v) is 25.2. The van der Waals surface area contributed by atoms with Crippen molar-refractivity contribution in [1.82, 2.24) is 5.32 Å².